The van der Waals surface area contributed by atoms with Crippen LogP contribution in [0.3, 0.4) is 0 Å². The lowest BCUT2D eigenvalue weighted by atomic mass is 9.97. The molecule has 1 atom stereocenters. The lowest BCUT2D eigenvalue weighted by Crippen LogP contribution is -2.24. The van der Waals surface area contributed by atoms with E-state index in [1.807, 2.05) is 13.8 Å². The Kier molecular flexibility index (Phi) is 7.13. The van der Waals surface area contributed by atoms with Gasteiger partial charge in [0.05, 0.1) is 19.1 Å². The van der Waals surface area contributed by atoms with Crippen molar-refractivity contribution < 1.29 is 23.4 Å². The molecule has 1 aromatic heterocycles. The molecule has 0 aromatic carbocycles. The van der Waals surface area contributed by atoms with Crippen molar-refractivity contribution in [2.45, 2.75) is 39.7 Å². The summed E-state index contributed by atoms with van der Waals surface area (Å²) in [6.07, 6.45) is -1.74. The zero-order valence-electron chi connectivity index (χ0n) is 12.1. The van der Waals surface area contributed by atoms with Crippen molar-refractivity contribution in [2.24, 2.45) is 11.8 Å². The second-order valence-electron chi connectivity index (χ2n) is 5.16. The van der Waals surface area contributed by atoms with Gasteiger partial charge in [-0.1, -0.05) is 13.8 Å². The van der Waals surface area contributed by atoms with Crippen molar-refractivity contribution >= 4 is 5.97 Å². The Balaban J connectivity index is 2.55. The van der Waals surface area contributed by atoms with E-state index in [1.165, 1.54) is 4.68 Å². The summed E-state index contributed by atoms with van der Waals surface area (Å²) in [5, 5.41) is 20.2. The van der Waals surface area contributed by atoms with Gasteiger partial charge in [0.1, 0.15) is 6.61 Å². The quantitative estimate of drug-likeness (QED) is 0.654. The Hall–Kier alpha value is -1.64. The molecule has 0 amide bonds. The summed E-state index contributed by atoms with van der Waals surface area (Å²) in [7, 11) is 0. The van der Waals surface area contributed by atoms with Crippen LogP contribution in [0.15, 0.2) is 0 Å². The minimum Gasteiger partial charge on any atom is -0.481 e. The molecule has 0 saturated heterocycles. The maximum atomic E-state index is 11.9. The summed E-state index contributed by atoms with van der Waals surface area (Å²) in [6.45, 7) is 3.47. The molecule has 0 aliphatic rings. The fourth-order valence-corrected chi connectivity index (χ4v) is 1.91. The van der Waals surface area contributed by atoms with Crippen molar-refractivity contribution in [3.05, 3.63) is 5.82 Å². The maximum absolute atomic E-state index is 11.9. The Bertz CT molecular complexity index is 440. The zero-order chi connectivity index (χ0) is 15.8. The predicted octanol–water partition coefficient (Wildman–Crippen LogP) is 1.24. The zero-order valence-corrected chi connectivity index (χ0v) is 12.1. The lowest BCUT2D eigenvalue weighted by molar-refractivity contribution is -0.142. The normalized spacial score (nSPS) is 13.0. The Morgan fingerprint density at radius 1 is 1.43 bits per heavy atom. The molecule has 0 fully saturated rings. The number of carboxylic acids is 1. The van der Waals surface area contributed by atoms with Crippen LogP contribution in [0.5, 0.6) is 0 Å². The van der Waals surface area contributed by atoms with Crippen molar-refractivity contribution in [2.75, 3.05) is 13.2 Å². The molecule has 0 aliphatic carbocycles. The fraction of sp³-hybridized carbons (Fsp3) is 0.833. The van der Waals surface area contributed by atoms with Crippen LogP contribution < -0.4 is 0 Å². The summed E-state index contributed by atoms with van der Waals surface area (Å²) in [5.74, 6) is -0.826. The number of hydrogen-bond donors (Lipinski definition) is 1. The van der Waals surface area contributed by atoms with E-state index in [4.69, 9.17) is 4.74 Å². The second kappa shape index (κ2) is 8.60. The topological polar surface area (TPSA) is 90.1 Å². The van der Waals surface area contributed by atoms with Gasteiger partial charge in [-0.05, 0) is 22.8 Å². The first-order valence-corrected chi connectivity index (χ1v) is 6.73. The first kappa shape index (κ1) is 17.4. The molecule has 1 N–H and O–H groups in total. The highest BCUT2D eigenvalue weighted by Crippen LogP contribution is 2.14. The Morgan fingerprint density at radius 3 is 2.71 bits per heavy atom. The fourth-order valence-electron chi connectivity index (χ4n) is 1.91. The number of rotatable bonds is 10. The number of aliphatic carboxylic acids is 1. The number of aromatic nitrogens is 4. The summed E-state index contributed by atoms with van der Waals surface area (Å²) < 4.78 is 30.0. The SMILES string of the molecule is CC(C)CC(Cn1nnnc1CCOCC(F)F)C(=O)O. The van der Waals surface area contributed by atoms with Gasteiger partial charge >= 0.3 is 5.97 Å². The Labute approximate surface area is 121 Å². The van der Waals surface area contributed by atoms with Gasteiger partial charge in [-0.3, -0.25) is 4.79 Å². The minimum absolute atomic E-state index is 0.0621. The van der Waals surface area contributed by atoms with E-state index in [1.54, 1.807) is 0 Å². The average Bonchev–Trinajstić information content (AvgIpc) is 2.80. The Morgan fingerprint density at radius 2 is 2.14 bits per heavy atom. The van der Waals surface area contributed by atoms with E-state index in [9.17, 15) is 18.7 Å². The van der Waals surface area contributed by atoms with Crippen LogP contribution in [0.25, 0.3) is 0 Å². The van der Waals surface area contributed by atoms with Crippen LogP contribution in [-0.2, 0) is 22.5 Å². The number of carbonyl (C=O) groups is 1. The average molecular weight is 306 g/mol. The van der Waals surface area contributed by atoms with Gasteiger partial charge in [-0.15, -0.1) is 5.10 Å². The van der Waals surface area contributed by atoms with Gasteiger partial charge in [0.25, 0.3) is 6.43 Å². The number of hydrogen-bond acceptors (Lipinski definition) is 5. The molecule has 1 aromatic rings. The van der Waals surface area contributed by atoms with Crippen molar-refractivity contribution in [1.29, 1.82) is 0 Å². The second-order valence-corrected chi connectivity index (χ2v) is 5.16. The number of tetrazole rings is 1. The minimum atomic E-state index is -2.51. The monoisotopic (exact) mass is 306 g/mol. The molecule has 0 saturated carbocycles. The van der Waals surface area contributed by atoms with Gasteiger partial charge in [-0.25, -0.2) is 13.5 Å². The van der Waals surface area contributed by atoms with Crippen LogP contribution in [-0.4, -0.2) is 50.9 Å². The number of carboxylic acid groups (broad SMARTS) is 1. The standard InChI is InChI=1S/C12H20F2N4O3/c1-8(2)5-9(12(19)20)6-18-11(15-16-17-18)3-4-21-7-10(13)14/h8-10H,3-7H2,1-2H3,(H,19,20). The smallest absolute Gasteiger partial charge is 0.308 e. The molecular formula is C12H20F2N4O3. The molecular weight excluding hydrogens is 286 g/mol. The maximum Gasteiger partial charge on any atom is 0.308 e. The van der Waals surface area contributed by atoms with Crippen LogP contribution in [0.1, 0.15) is 26.1 Å². The third kappa shape index (κ3) is 6.56. The molecule has 0 bridgehead atoms. The summed E-state index contributed by atoms with van der Waals surface area (Å²) >= 11 is 0. The molecule has 120 valence electrons. The van der Waals surface area contributed by atoms with Gasteiger partial charge in [0, 0.05) is 6.42 Å². The number of ether oxygens (including phenoxy) is 1. The molecule has 7 nitrogen and oxygen atoms in total. The predicted molar refractivity (Wildman–Crippen MR) is 68.9 cm³/mol. The van der Waals surface area contributed by atoms with Crippen molar-refractivity contribution in [1.82, 2.24) is 20.2 Å². The largest absolute Gasteiger partial charge is 0.481 e. The van der Waals surface area contributed by atoms with Crippen LogP contribution in [0.2, 0.25) is 0 Å². The number of halogens is 2. The molecule has 0 aliphatic heterocycles. The van der Waals surface area contributed by atoms with E-state index < -0.39 is 24.9 Å². The van der Waals surface area contributed by atoms with Gasteiger partial charge < -0.3 is 9.84 Å². The van der Waals surface area contributed by atoms with Crippen LogP contribution in [0.4, 0.5) is 8.78 Å². The summed E-state index contributed by atoms with van der Waals surface area (Å²) in [6, 6.07) is 0. The molecule has 0 spiro atoms. The highest BCUT2D eigenvalue weighted by Gasteiger charge is 2.21. The van der Waals surface area contributed by atoms with E-state index >= 15 is 0 Å². The first-order valence-electron chi connectivity index (χ1n) is 6.73. The summed E-state index contributed by atoms with van der Waals surface area (Å²) in [4.78, 5) is 11.2. The molecule has 1 unspecified atom stereocenters. The molecule has 21 heavy (non-hydrogen) atoms. The van der Waals surface area contributed by atoms with Gasteiger partial charge in [0.15, 0.2) is 5.82 Å². The first-order chi connectivity index (χ1) is 9.90. The lowest BCUT2D eigenvalue weighted by Gasteiger charge is -2.15. The molecule has 9 heteroatoms. The van der Waals surface area contributed by atoms with E-state index in [-0.39, 0.29) is 25.5 Å². The van der Waals surface area contributed by atoms with Crippen molar-refractivity contribution in [3.8, 4) is 0 Å². The molecule has 0 radical (unpaired) electrons. The number of nitrogens with zero attached hydrogens (tertiary/aromatic N) is 4. The van der Waals surface area contributed by atoms with E-state index in [0.717, 1.165) is 0 Å². The van der Waals surface area contributed by atoms with Crippen molar-refractivity contribution in [3.63, 3.8) is 0 Å². The van der Waals surface area contributed by atoms with Gasteiger partial charge in [-0.2, -0.15) is 0 Å². The summed E-state index contributed by atoms with van der Waals surface area (Å²) in [5.41, 5.74) is 0. The third-order valence-electron chi connectivity index (χ3n) is 2.82. The number of alkyl halides is 2. The molecule has 1 rings (SSSR count). The van der Waals surface area contributed by atoms with Crippen LogP contribution in [0, 0.1) is 11.8 Å². The highest BCUT2D eigenvalue weighted by molar-refractivity contribution is 5.69. The van der Waals surface area contributed by atoms with E-state index in [0.29, 0.717) is 12.2 Å². The van der Waals surface area contributed by atoms with Gasteiger partial charge in [0.2, 0.25) is 0 Å². The van der Waals surface area contributed by atoms with Crippen LogP contribution >= 0.6 is 0 Å². The highest BCUT2D eigenvalue weighted by atomic mass is 19.3. The van der Waals surface area contributed by atoms with E-state index in [2.05, 4.69) is 15.5 Å². The molecule has 1 heterocycles. The third-order valence-corrected chi connectivity index (χ3v) is 2.82.